The minimum Gasteiger partial charge on any atom is -0.462 e. The van der Waals surface area contributed by atoms with Crippen molar-refractivity contribution in [3.8, 4) is 0 Å². The number of hydrogen-bond donors (Lipinski definition) is 2. The molecule has 0 fully saturated rings. The lowest BCUT2D eigenvalue weighted by Crippen LogP contribution is -2.20. The van der Waals surface area contributed by atoms with E-state index < -0.39 is 0 Å². The molecule has 0 saturated carbocycles. The molecule has 0 aromatic heterocycles. The van der Waals surface area contributed by atoms with Gasteiger partial charge in [0.25, 0.3) is 0 Å². The van der Waals surface area contributed by atoms with Crippen LogP contribution in [0.25, 0.3) is 0 Å². The van der Waals surface area contributed by atoms with Crippen LogP contribution in [-0.2, 0) is 11.3 Å². The predicted molar refractivity (Wildman–Crippen MR) is 53.4 cm³/mol. The van der Waals surface area contributed by atoms with E-state index in [0.717, 1.165) is 5.56 Å². The van der Waals surface area contributed by atoms with E-state index in [-0.39, 0.29) is 5.97 Å². The summed E-state index contributed by atoms with van der Waals surface area (Å²) in [5.74, 6) is 4.87. The summed E-state index contributed by atoms with van der Waals surface area (Å²) in [6.07, 6.45) is 0. The first-order chi connectivity index (χ1) is 6.77. The Morgan fingerprint density at radius 2 is 2.07 bits per heavy atom. The van der Waals surface area contributed by atoms with Crippen molar-refractivity contribution in [3.05, 3.63) is 35.4 Å². The third-order valence-corrected chi connectivity index (χ3v) is 1.77. The highest BCUT2D eigenvalue weighted by Crippen LogP contribution is 2.05. The number of esters is 1. The molecule has 0 radical (unpaired) electrons. The summed E-state index contributed by atoms with van der Waals surface area (Å²) in [7, 11) is 0. The van der Waals surface area contributed by atoms with Crippen LogP contribution in [0.3, 0.4) is 0 Å². The van der Waals surface area contributed by atoms with Crippen LogP contribution in [0.5, 0.6) is 0 Å². The van der Waals surface area contributed by atoms with Gasteiger partial charge in [0.05, 0.1) is 12.2 Å². The largest absolute Gasteiger partial charge is 0.462 e. The highest BCUT2D eigenvalue weighted by molar-refractivity contribution is 5.89. The maximum Gasteiger partial charge on any atom is 0.338 e. The summed E-state index contributed by atoms with van der Waals surface area (Å²) in [6.45, 7) is 2.76. The van der Waals surface area contributed by atoms with Crippen molar-refractivity contribution in [3.63, 3.8) is 0 Å². The zero-order valence-electron chi connectivity index (χ0n) is 8.12. The Labute approximate surface area is 83.0 Å². The highest BCUT2D eigenvalue weighted by Gasteiger charge is 2.04. The van der Waals surface area contributed by atoms with Crippen molar-refractivity contribution in [1.29, 1.82) is 0 Å². The van der Waals surface area contributed by atoms with Gasteiger partial charge in [0.2, 0.25) is 0 Å². The van der Waals surface area contributed by atoms with Crippen molar-refractivity contribution in [2.24, 2.45) is 5.84 Å². The minimum atomic E-state index is -0.292. The van der Waals surface area contributed by atoms with Gasteiger partial charge in [-0.1, -0.05) is 12.1 Å². The molecule has 4 nitrogen and oxygen atoms in total. The van der Waals surface area contributed by atoms with E-state index in [0.29, 0.717) is 18.7 Å². The van der Waals surface area contributed by atoms with Gasteiger partial charge in [0, 0.05) is 6.54 Å². The molecule has 0 amide bonds. The van der Waals surface area contributed by atoms with Crippen LogP contribution < -0.4 is 11.3 Å². The first-order valence-electron chi connectivity index (χ1n) is 4.47. The van der Waals surface area contributed by atoms with Crippen molar-refractivity contribution >= 4 is 5.97 Å². The van der Waals surface area contributed by atoms with E-state index >= 15 is 0 Å². The van der Waals surface area contributed by atoms with Crippen LogP contribution in [0.1, 0.15) is 22.8 Å². The minimum absolute atomic E-state index is 0.292. The lowest BCUT2D eigenvalue weighted by Gasteiger charge is -2.03. The van der Waals surface area contributed by atoms with Gasteiger partial charge in [-0.2, -0.15) is 0 Å². The normalized spacial score (nSPS) is 9.86. The van der Waals surface area contributed by atoms with E-state index in [4.69, 9.17) is 10.6 Å². The molecule has 76 valence electrons. The first-order valence-corrected chi connectivity index (χ1v) is 4.47. The molecule has 0 bridgehead atoms. The van der Waals surface area contributed by atoms with Crippen molar-refractivity contribution in [2.45, 2.75) is 13.5 Å². The molecule has 0 saturated heterocycles. The zero-order valence-corrected chi connectivity index (χ0v) is 8.12. The Hall–Kier alpha value is -1.39. The van der Waals surface area contributed by atoms with E-state index in [1.165, 1.54) is 0 Å². The molecule has 0 atom stereocenters. The number of benzene rings is 1. The molecule has 1 aromatic carbocycles. The van der Waals surface area contributed by atoms with Crippen molar-refractivity contribution in [2.75, 3.05) is 6.61 Å². The summed E-state index contributed by atoms with van der Waals surface area (Å²) in [5, 5.41) is 0. The average molecular weight is 194 g/mol. The van der Waals surface area contributed by atoms with Gasteiger partial charge in [0.1, 0.15) is 0 Å². The first kappa shape index (κ1) is 10.7. The van der Waals surface area contributed by atoms with Gasteiger partial charge in [-0.05, 0) is 24.6 Å². The molecule has 0 aliphatic rings. The molecule has 0 aliphatic heterocycles. The second-order valence-electron chi connectivity index (χ2n) is 2.80. The molecule has 0 unspecified atom stereocenters. The molecule has 1 rings (SSSR count). The third-order valence-electron chi connectivity index (χ3n) is 1.77. The summed E-state index contributed by atoms with van der Waals surface area (Å²) >= 11 is 0. The molecule has 3 N–H and O–H groups in total. The quantitative estimate of drug-likeness (QED) is 0.423. The second-order valence-corrected chi connectivity index (χ2v) is 2.80. The Balaban J connectivity index is 2.67. The Kier molecular flexibility index (Phi) is 4.10. The molecule has 4 heteroatoms. The second kappa shape index (κ2) is 5.36. The molecular weight excluding hydrogens is 180 g/mol. The molecular formula is C10H14N2O2. The number of nitrogens with two attached hydrogens (primary N) is 1. The fourth-order valence-corrected chi connectivity index (χ4v) is 1.09. The van der Waals surface area contributed by atoms with Crippen LogP contribution in [0.15, 0.2) is 24.3 Å². The monoisotopic (exact) mass is 194 g/mol. The maximum absolute atomic E-state index is 11.3. The van der Waals surface area contributed by atoms with Crippen LogP contribution in [0.4, 0.5) is 0 Å². The number of hydrogen-bond acceptors (Lipinski definition) is 4. The van der Waals surface area contributed by atoms with Gasteiger partial charge < -0.3 is 4.74 Å². The number of carbonyl (C=O) groups excluding carboxylic acids is 1. The fraction of sp³-hybridized carbons (Fsp3) is 0.300. The third kappa shape index (κ3) is 2.83. The van der Waals surface area contributed by atoms with E-state index in [9.17, 15) is 4.79 Å². The smallest absolute Gasteiger partial charge is 0.338 e. The van der Waals surface area contributed by atoms with Crippen LogP contribution in [0.2, 0.25) is 0 Å². The molecule has 0 spiro atoms. The van der Waals surface area contributed by atoms with Crippen molar-refractivity contribution in [1.82, 2.24) is 5.43 Å². The Morgan fingerprint density at radius 1 is 1.43 bits per heavy atom. The SMILES string of the molecule is CCOC(=O)c1ccc(CNN)cc1. The number of nitrogens with one attached hydrogen (secondary N) is 1. The van der Waals surface area contributed by atoms with Gasteiger partial charge in [0.15, 0.2) is 0 Å². The molecule has 0 heterocycles. The summed E-state index contributed by atoms with van der Waals surface area (Å²) in [6, 6.07) is 7.13. The topological polar surface area (TPSA) is 64.3 Å². The van der Waals surface area contributed by atoms with Gasteiger partial charge in [-0.25, -0.2) is 4.79 Å². The van der Waals surface area contributed by atoms with Gasteiger partial charge in [-0.3, -0.25) is 11.3 Å². The van der Waals surface area contributed by atoms with Crippen molar-refractivity contribution < 1.29 is 9.53 Å². The summed E-state index contributed by atoms with van der Waals surface area (Å²) in [4.78, 5) is 11.3. The molecule has 0 aliphatic carbocycles. The fourth-order valence-electron chi connectivity index (χ4n) is 1.09. The van der Waals surface area contributed by atoms with E-state index in [1.807, 2.05) is 12.1 Å². The van der Waals surface area contributed by atoms with Gasteiger partial charge in [-0.15, -0.1) is 0 Å². The molecule has 14 heavy (non-hydrogen) atoms. The average Bonchev–Trinajstić information content (AvgIpc) is 2.20. The number of rotatable bonds is 4. The lowest BCUT2D eigenvalue weighted by molar-refractivity contribution is 0.0526. The van der Waals surface area contributed by atoms with E-state index in [2.05, 4.69) is 5.43 Å². The Morgan fingerprint density at radius 3 is 2.57 bits per heavy atom. The number of carbonyl (C=O) groups is 1. The Bertz CT molecular complexity index is 295. The standard InChI is InChI=1S/C10H14N2O2/c1-2-14-10(13)9-5-3-8(4-6-9)7-12-11/h3-6,12H,2,7,11H2,1H3. The van der Waals surface area contributed by atoms with Crippen LogP contribution in [-0.4, -0.2) is 12.6 Å². The maximum atomic E-state index is 11.3. The van der Waals surface area contributed by atoms with Crippen LogP contribution >= 0.6 is 0 Å². The number of hydrazine groups is 1. The van der Waals surface area contributed by atoms with E-state index in [1.54, 1.807) is 19.1 Å². The molecule has 1 aromatic rings. The lowest BCUT2D eigenvalue weighted by atomic mass is 10.1. The van der Waals surface area contributed by atoms with Gasteiger partial charge >= 0.3 is 5.97 Å². The predicted octanol–water partition coefficient (Wildman–Crippen LogP) is 0.827. The highest BCUT2D eigenvalue weighted by atomic mass is 16.5. The number of ether oxygens (including phenoxy) is 1. The summed E-state index contributed by atoms with van der Waals surface area (Å²) in [5.41, 5.74) is 4.13. The summed E-state index contributed by atoms with van der Waals surface area (Å²) < 4.78 is 4.85. The van der Waals surface area contributed by atoms with Crippen LogP contribution in [0, 0.1) is 0 Å². The zero-order chi connectivity index (χ0) is 10.4.